The number of hydrogen-bond donors (Lipinski definition) is 0. The zero-order valence-corrected chi connectivity index (χ0v) is 31.0. The topological polar surface area (TPSA) is 0 Å². The molecule has 0 spiro atoms. The Bertz CT molecular complexity index is 2690. The lowest BCUT2D eigenvalue weighted by molar-refractivity contribution is 0.661. The van der Waals surface area contributed by atoms with Gasteiger partial charge in [-0.05, 0) is 136 Å². The van der Waals surface area contributed by atoms with Crippen LogP contribution in [0.25, 0.3) is 33.4 Å². The lowest BCUT2D eigenvalue weighted by atomic mass is 9.61. The fourth-order valence-corrected chi connectivity index (χ4v) is 11.8. The molecule has 55 heavy (non-hydrogen) atoms. The minimum Gasteiger partial charge on any atom is -0.0619 e. The van der Waals surface area contributed by atoms with E-state index in [2.05, 4.69) is 184 Å². The van der Waals surface area contributed by atoms with Gasteiger partial charge in [-0.25, -0.2) is 0 Å². The molecule has 258 valence electrons. The average molecular weight is 699 g/mol. The van der Waals surface area contributed by atoms with E-state index >= 15 is 0 Å². The normalized spacial score (nSPS) is 20.3. The summed E-state index contributed by atoms with van der Waals surface area (Å²) in [6.45, 7) is 4.84. The maximum Gasteiger partial charge on any atom is 0.0349 e. The first-order valence-electron chi connectivity index (χ1n) is 20.0. The van der Waals surface area contributed by atoms with Gasteiger partial charge in [0.1, 0.15) is 0 Å². The molecule has 0 unspecified atom stereocenters. The highest BCUT2D eigenvalue weighted by Crippen LogP contribution is 2.58. The number of benzene rings is 8. The number of hydrogen-bond acceptors (Lipinski definition) is 0. The molecule has 0 heterocycles. The highest BCUT2D eigenvalue weighted by atomic mass is 14.5. The Morgan fingerprint density at radius 2 is 0.527 bits per heavy atom. The number of fused-ring (bicyclic) bond motifs is 3. The van der Waals surface area contributed by atoms with Gasteiger partial charge in [-0.15, -0.1) is 0 Å². The molecule has 8 aromatic rings. The van der Waals surface area contributed by atoms with Gasteiger partial charge in [0.2, 0.25) is 0 Å². The van der Waals surface area contributed by atoms with Crippen molar-refractivity contribution in [3.8, 4) is 33.4 Å². The second kappa shape index (κ2) is 10.5. The largest absolute Gasteiger partial charge is 0.0619 e. The van der Waals surface area contributed by atoms with Crippen LogP contribution in [0, 0.1) is 0 Å². The first kappa shape index (κ1) is 30.1. The molecule has 15 rings (SSSR count). The van der Waals surface area contributed by atoms with Crippen LogP contribution in [0.15, 0.2) is 170 Å². The maximum absolute atomic E-state index is 2.51. The summed E-state index contributed by atoms with van der Waals surface area (Å²) in [7, 11) is 0. The van der Waals surface area contributed by atoms with Crippen LogP contribution in [0.2, 0.25) is 0 Å². The van der Waals surface area contributed by atoms with E-state index in [9.17, 15) is 0 Å². The van der Waals surface area contributed by atoms with Crippen molar-refractivity contribution in [1.29, 1.82) is 0 Å². The van der Waals surface area contributed by atoms with Crippen LogP contribution in [0.4, 0.5) is 0 Å². The average Bonchev–Trinajstić information content (AvgIpc) is 3.47. The molecule has 0 saturated heterocycles. The van der Waals surface area contributed by atoms with Crippen molar-refractivity contribution in [2.45, 2.75) is 42.9 Å². The summed E-state index contributed by atoms with van der Waals surface area (Å²) in [4.78, 5) is 0. The van der Waals surface area contributed by atoms with E-state index in [1.54, 1.807) is 0 Å². The van der Waals surface area contributed by atoms with Gasteiger partial charge in [0.15, 0.2) is 0 Å². The van der Waals surface area contributed by atoms with E-state index < -0.39 is 0 Å². The van der Waals surface area contributed by atoms with E-state index in [1.165, 1.54) is 111 Å². The van der Waals surface area contributed by atoms with Crippen LogP contribution >= 0.6 is 0 Å². The Morgan fingerprint density at radius 3 is 0.855 bits per heavy atom. The molecule has 7 aliphatic rings. The highest BCUT2D eigenvalue weighted by Gasteiger charge is 2.43. The van der Waals surface area contributed by atoms with Crippen LogP contribution in [0.1, 0.15) is 115 Å². The first-order valence-corrected chi connectivity index (χ1v) is 20.0. The van der Waals surface area contributed by atoms with Crippen molar-refractivity contribution < 1.29 is 0 Å². The van der Waals surface area contributed by atoms with Crippen molar-refractivity contribution in [3.63, 3.8) is 0 Å². The fourth-order valence-electron chi connectivity index (χ4n) is 11.8. The summed E-state index contributed by atoms with van der Waals surface area (Å²) in [5.74, 6) is 1.18. The molecule has 7 aliphatic carbocycles. The quantitative estimate of drug-likeness (QED) is 0.169. The van der Waals surface area contributed by atoms with E-state index in [0.717, 1.165) is 0 Å². The van der Waals surface area contributed by atoms with Gasteiger partial charge in [0.25, 0.3) is 0 Å². The summed E-state index contributed by atoms with van der Waals surface area (Å²) in [5, 5.41) is 0. The summed E-state index contributed by atoms with van der Waals surface area (Å²) in [6.07, 6.45) is 0. The molecule has 0 amide bonds. The highest BCUT2D eigenvalue weighted by molar-refractivity contribution is 5.86. The second-order valence-corrected chi connectivity index (χ2v) is 17.1. The lowest BCUT2D eigenvalue weighted by Crippen LogP contribution is -2.27. The van der Waals surface area contributed by atoms with Gasteiger partial charge in [-0.1, -0.05) is 159 Å². The molecule has 8 aromatic carbocycles. The second-order valence-electron chi connectivity index (χ2n) is 17.1. The minimum atomic E-state index is -0.118. The Labute approximate surface area is 322 Å². The summed E-state index contributed by atoms with van der Waals surface area (Å²) >= 11 is 0. The van der Waals surface area contributed by atoms with Crippen molar-refractivity contribution in [1.82, 2.24) is 0 Å². The SMILES string of the molecule is CC1(C)c2cc(-c3ccc4c(c3)C3c5ccccc5C4c4ccccc43)ccc2-c2ccc(-c3ccc4c(c3)C3c5ccccc5C4c4ccccc43)cc21. The van der Waals surface area contributed by atoms with Crippen molar-refractivity contribution in [2.75, 3.05) is 0 Å². The number of rotatable bonds is 2. The van der Waals surface area contributed by atoms with E-state index in [4.69, 9.17) is 0 Å². The summed E-state index contributed by atoms with van der Waals surface area (Å²) in [6, 6.07) is 65.6. The zero-order chi connectivity index (χ0) is 36.2. The molecular weight excluding hydrogens is 661 g/mol. The molecule has 0 radical (unpaired) electrons. The summed E-state index contributed by atoms with van der Waals surface area (Å²) in [5.41, 5.74) is 28.3. The summed E-state index contributed by atoms with van der Waals surface area (Å²) < 4.78 is 0. The van der Waals surface area contributed by atoms with Crippen molar-refractivity contribution in [2.24, 2.45) is 0 Å². The molecule has 0 nitrogen and oxygen atoms in total. The predicted octanol–water partition coefficient (Wildman–Crippen LogP) is 13.3. The smallest absolute Gasteiger partial charge is 0.0349 e. The van der Waals surface area contributed by atoms with Crippen molar-refractivity contribution >= 4 is 0 Å². The fraction of sp³-hybridized carbons (Fsp3) is 0.127. The third-order valence-electron chi connectivity index (χ3n) is 14.2. The van der Waals surface area contributed by atoms with Crippen LogP contribution < -0.4 is 0 Å². The van der Waals surface area contributed by atoms with Gasteiger partial charge in [0, 0.05) is 29.1 Å². The molecule has 0 heteroatoms. The van der Waals surface area contributed by atoms with Crippen LogP contribution in [0.3, 0.4) is 0 Å². The van der Waals surface area contributed by atoms with Gasteiger partial charge in [-0.2, -0.15) is 0 Å². The molecule has 0 N–H and O–H groups in total. The maximum atomic E-state index is 2.51. The molecule has 0 fully saturated rings. The van der Waals surface area contributed by atoms with Gasteiger partial charge in [0.05, 0.1) is 0 Å². The Hall–Kier alpha value is -6.24. The molecule has 0 aliphatic heterocycles. The molecular formula is C55H38. The van der Waals surface area contributed by atoms with Gasteiger partial charge in [-0.3, -0.25) is 0 Å². The third-order valence-corrected chi connectivity index (χ3v) is 14.2. The third kappa shape index (κ3) is 3.82. The van der Waals surface area contributed by atoms with Crippen molar-refractivity contribution in [3.05, 3.63) is 248 Å². The van der Waals surface area contributed by atoms with Crippen LogP contribution in [-0.2, 0) is 5.41 Å². The molecule has 0 saturated carbocycles. The lowest BCUT2D eigenvalue weighted by Gasteiger charge is -2.42. The molecule has 4 bridgehead atoms. The Balaban J connectivity index is 0.877. The standard InChI is InChI=1S/C55H38/c1-55(2)49-29-33(31-21-25-45-47(27-31)53-41-15-7-3-11-37(41)51(45)38-12-4-8-16-42(38)53)19-23-35(49)36-24-20-34(30-50(36)55)32-22-26-46-48(28-32)54-43-17-9-5-13-39(43)52(46)40-14-6-10-18-44(40)54/h3-30,51-54H,1-2H3. The van der Waals surface area contributed by atoms with E-state index in [0.29, 0.717) is 11.8 Å². The molecule has 0 aromatic heterocycles. The Morgan fingerprint density at radius 1 is 0.273 bits per heavy atom. The van der Waals surface area contributed by atoms with Crippen LogP contribution in [-0.4, -0.2) is 0 Å². The Kier molecular flexibility index (Phi) is 5.75. The monoisotopic (exact) mass is 698 g/mol. The first-order chi connectivity index (χ1) is 27.0. The van der Waals surface area contributed by atoms with E-state index in [-0.39, 0.29) is 17.3 Å². The van der Waals surface area contributed by atoms with E-state index in [1.807, 2.05) is 0 Å². The molecule has 0 atom stereocenters. The predicted molar refractivity (Wildman–Crippen MR) is 224 cm³/mol. The van der Waals surface area contributed by atoms with Crippen LogP contribution in [0.5, 0.6) is 0 Å². The zero-order valence-electron chi connectivity index (χ0n) is 31.0. The van der Waals surface area contributed by atoms with Gasteiger partial charge >= 0.3 is 0 Å². The minimum absolute atomic E-state index is 0.118. The van der Waals surface area contributed by atoms with Gasteiger partial charge < -0.3 is 0 Å².